The van der Waals surface area contributed by atoms with E-state index < -0.39 is 22.1 Å². The molecule has 0 fully saturated rings. The number of sulfonamides is 1. The molecule has 1 atom stereocenters. The van der Waals surface area contributed by atoms with Gasteiger partial charge >= 0.3 is 5.97 Å². The van der Waals surface area contributed by atoms with Gasteiger partial charge in [-0.1, -0.05) is 0 Å². The Bertz CT molecular complexity index is 898. The van der Waals surface area contributed by atoms with Gasteiger partial charge in [-0.15, -0.1) is 11.3 Å². The molecule has 1 unspecified atom stereocenters. The number of carbonyl (C=O) groups excluding carboxylic acids is 2. The molecule has 0 saturated heterocycles. The van der Waals surface area contributed by atoms with Crippen LogP contribution in [0.2, 0.25) is 0 Å². The third-order valence-electron chi connectivity index (χ3n) is 3.39. The summed E-state index contributed by atoms with van der Waals surface area (Å²) >= 11 is 1.49. The molecule has 0 aliphatic carbocycles. The summed E-state index contributed by atoms with van der Waals surface area (Å²) in [6, 6.07) is 7.68. The monoisotopic (exact) mass is 381 g/mol. The van der Waals surface area contributed by atoms with E-state index in [-0.39, 0.29) is 5.78 Å². The summed E-state index contributed by atoms with van der Waals surface area (Å²) in [5, 5.41) is 0. The second kappa shape index (κ2) is 7.37. The molecule has 1 N–H and O–H groups in total. The van der Waals surface area contributed by atoms with Gasteiger partial charge in [-0.3, -0.25) is 9.52 Å². The molecule has 1 heterocycles. The first-order chi connectivity index (χ1) is 11.6. The second-order valence-electron chi connectivity index (χ2n) is 5.69. The molecule has 0 saturated carbocycles. The molecular formula is C17H19NO5S2. The number of thiophene rings is 1. The maximum absolute atomic E-state index is 12.4. The zero-order valence-corrected chi connectivity index (χ0v) is 16.0. The predicted molar refractivity (Wildman–Crippen MR) is 97.9 cm³/mol. The van der Waals surface area contributed by atoms with Crippen LogP contribution in [0.25, 0.3) is 0 Å². The van der Waals surface area contributed by atoms with E-state index in [1.807, 2.05) is 13.8 Å². The Balaban J connectivity index is 2.06. The summed E-state index contributed by atoms with van der Waals surface area (Å²) in [5.74, 6) is -0.887. The van der Waals surface area contributed by atoms with Crippen LogP contribution >= 0.6 is 11.3 Å². The van der Waals surface area contributed by atoms with Gasteiger partial charge in [0.2, 0.25) is 15.8 Å². The van der Waals surface area contributed by atoms with Crippen LogP contribution in [0.4, 0.5) is 5.69 Å². The van der Waals surface area contributed by atoms with Crippen LogP contribution < -0.4 is 4.72 Å². The highest BCUT2D eigenvalue weighted by Crippen LogP contribution is 2.22. The van der Waals surface area contributed by atoms with Crippen LogP contribution in [0.1, 0.15) is 37.4 Å². The summed E-state index contributed by atoms with van der Waals surface area (Å²) in [4.78, 5) is 26.4. The molecule has 8 heteroatoms. The first-order valence-electron chi connectivity index (χ1n) is 7.47. The molecule has 0 aliphatic rings. The first kappa shape index (κ1) is 19.1. The molecule has 25 heavy (non-hydrogen) atoms. The van der Waals surface area contributed by atoms with Gasteiger partial charge in [-0.05, 0) is 51.1 Å². The number of hydrogen-bond donors (Lipinski definition) is 1. The lowest BCUT2D eigenvalue weighted by Crippen LogP contribution is -2.24. The summed E-state index contributed by atoms with van der Waals surface area (Å²) in [6.07, 6.45) is 0.0997. The van der Waals surface area contributed by atoms with Crippen molar-refractivity contribution in [2.24, 2.45) is 0 Å². The first-order valence-corrected chi connectivity index (χ1v) is 10.2. The van der Waals surface area contributed by atoms with Gasteiger partial charge in [0.05, 0.1) is 11.8 Å². The van der Waals surface area contributed by atoms with Crippen molar-refractivity contribution >= 4 is 38.8 Å². The largest absolute Gasteiger partial charge is 0.451 e. The highest BCUT2D eigenvalue weighted by molar-refractivity contribution is 7.92. The van der Waals surface area contributed by atoms with Crippen molar-refractivity contribution in [3.63, 3.8) is 0 Å². The topological polar surface area (TPSA) is 89.5 Å². The molecule has 134 valence electrons. The maximum atomic E-state index is 12.4. The lowest BCUT2D eigenvalue weighted by Gasteiger charge is -2.12. The lowest BCUT2D eigenvalue weighted by atomic mass is 10.1. The number of ketones is 1. The Morgan fingerprint density at radius 1 is 1.16 bits per heavy atom. The minimum absolute atomic E-state index is 0.331. The van der Waals surface area contributed by atoms with Gasteiger partial charge in [0.1, 0.15) is 0 Å². The fourth-order valence-electron chi connectivity index (χ4n) is 2.26. The smallest absolute Gasteiger partial charge is 0.339 e. The normalized spacial score (nSPS) is 12.5. The van der Waals surface area contributed by atoms with E-state index in [9.17, 15) is 18.0 Å². The van der Waals surface area contributed by atoms with Gasteiger partial charge in [-0.25, -0.2) is 13.2 Å². The lowest BCUT2D eigenvalue weighted by molar-refractivity contribution is 0.0318. The van der Waals surface area contributed by atoms with Crippen molar-refractivity contribution in [1.82, 2.24) is 0 Å². The van der Waals surface area contributed by atoms with Crippen molar-refractivity contribution in [3.8, 4) is 0 Å². The van der Waals surface area contributed by atoms with Crippen molar-refractivity contribution < 1.29 is 22.7 Å². The zero-order valence-electron chi connectivity index (χ0n) is 14.3. The molecular weight excluding hydrogens is 362 g/mol. The number of benzene rings is 1. The SMILES string of the molecule is Cc1cc(C(=O)OC(C)C(=O)c2ccc(NS(C)(=O)=O)cc2)c(C)s1. The summed E-state index contributed by atoms with van der Waals surface area (Å²) in [5.41, 5.74) is 1.15. The molecule has 1 aromatic carbocycles. The Kier molecular flexibility index (Phi) is 5.64. The number of aryl methyl sites for hydroxylation is 2. The standard InChI is InChI=1S/C17H19NO5S2/c1-10-9-15(12(3)24-10)17(20)23-11(2)16(19)13-5-7-14(8-6-13)18-25(4,21)22/h5-9,11,18H,1-4H3. The van der Waals surface area contributed by atoms with Gasteiger partial charge in [-0.2, -0.15) is 0 Å². The number of nitrogens with one attached hydrogen (secondary N) is 1. The van der Waals surface area contributed by atoms with Crippen molar-refractivity contribution in [1.29, 1.82) is 0 Å². The number of rotatable bonds is 6. The van der Waals surface area contributed by atoms with E-state index in [2.05, 4.69) is 4.72 Å². The molecule has 1 aromatic heterocycles. The molecule has 0 bridgehead atoms. The van der Waals surface area contributed by atoms with E-state index >= 15 is 0 Å². The summed E-state index contributed by atoms with van der Waals surface area (Å²) < 4.78 is 29.9. The Morgan fingerprint density at radius 2 is 1.76 bits per heavy atom. The molecule has 0 radical (unpaired) electrons. The number of ether oxygens (including phenoxy) is 1. The third kappa shape index (κ3) is 5.14. The highest BCUT2D eigenvalue weighted by Gasteiger charge is 2.22. The Labute approximate surface area is 150 Å². The van der Waals surface area contributed by atoms with E-state index in [1.54, 1.807) is 6.07 Å². The number of esters is 1. The Morgan fingerprint density at radius 3 is 2.24 bits per heavy atom. The third-order valence-corrected chi connectivity index (χ3v) is 4.96. The zero-order chi connectivity index (χ0) is 18.8. The molecule has 0 spiro atoms. The molecule has 2 rings (SSSR count). The quantitative estimate of drug-likeness (QED) is 0.613. The van der Waals surface area contributed by atoms with Gasteiger partial charge in [0, 0.05) is 21.0 Å². The van der Waals surface area contributed by atoms with Crippen LogP contribution in [0, 0.1) is 13.8 Å². The highest BCUT2D eigenvalue weighted by atomic mass is 32.2. The van der Waals surface area contributed by atoms with Gasteiger partial charge in [0.15, 0.2) is 6.10 Å². The number of carbonyl (C=O) groups is 2. The molecule has 6 nitrogen and oxygen atoms in total. The van der Waals surface area contributed by atoms with Crippen molar-refractivity contribution in [2.75, 3.05) is 11.0 Å². The van der Waals surface area contributed by atoms with E-state index in [0.29, 0.717) is 16.8 Å². The van der Waals surface area contributed by atoms with E-state index in [1.165, 1.54) is 42.5 Å². The average molecular weight is 381 g/mol. The fraction of sp³-hybridized carbons (Fsp3) is 0.294. The van der Waals surface area contributed by atoms with E-state index in [4.69, 9.17) is 4.74 Å². The molecule has 0 aliphatic heterocycles. The van der Waals surface area contributed by atoms with Gasteiger partial charge in [0.25, 0.3) is 0 Å². The summed E-state index contributed by atoms with van der Waals surface area (Å²) in [7, 11) is -3.38. The minimum atomic E-state index is -3.38. The van der Waals surface area contributed by atoms with Crippen LogP contribution in [-0.2, 0) is 14.8 Å². The van der Waals surface area contributed by atoms with Gasteiger partial charge < -0.3 is 4.74 Å². The van der Waals surface area contributed by atoms with Crippen molar-refractivity contribution in [3.05, 3.63) is 51.2 Å². The number of anilines is 1. The molecule has 0 amide bonds. The number of Topliss-reactive ketones (excluding diaryl/α,β-unsaturated/α-hetero) is 1. The minimum Gasteiger partial charge on any atom is -0.451 e. The van der Waals surface area contributed by atoms with Crippen LogP contribution in [0.5, 0.6) is 0 Å². The van der Waals surface area contributed by atoms with Crippen LogP contribution in [0.3, 0.4) is 0 Å². The average Bonchev–Trinajstić information content (AvgIpc) is 2.84. The maximum Gasteiger partial charge on any atom is 0.339 e. The fourth-order valence-corrected chi connectivity index (χ4v) is 3.74. The summed E-state index contributed by atoms with van der Waals surface area (Å²) in [6.45, 7) is 5.24. The van der Waals surface area contributed by atoms with E-state index in [0.717, 1.165) is 16.0 Å². The molecule has 2 aromatic rings. The number of hydrogen-bond acceptors (Lipinski definition) is 6. The van der Waals surface area contributed by atoms with Crippen LogP contribution in [0.15, 0.2) is 30.3 Å². The second-order valence-corrected chi connectivity index (χ2v) is 8.90. The predicted octanol–water partition coefficient (Wildman–Crippen LogP) is 3.16. The van der Waals surface area contributed by atoms with Crippen LogP contribution in [-0.4, -0.2) is 32.5 Å². The Hall–Kier alpha value is -2.19. The van der Waals surface area contributed by atoms with Crippen molar-refractivity contribution in [2.45, 2.75) is 26.9 Å².